The van der Waals surface area contributed by atoms with Gasteiger partial charge in [0.05, 0.1) is 5.01 Å². The Morgan fingerprint density at radius 1 is 1.50 bits per heavy atom. The smallest absolute Gasteiger partial charge is 0.293 e. The second-order valence-corrected chi connectivity index (χ2v) is 3.89. The van der Waals surface area contributed by atoms with Crippen molar-refractivity contribution < 1.29 is 18.0 Å². The Balaban J connectivity index is 3.23. The van der Waals surface area contributed by atoms with Crippen molar-refractivity contribution in [1.82, 2.24) is 4.98 Å². The van der Waals surface area contributed by atoms with E-state index in [1.807, 2.05) is 0 Å². The number of halogens is 3. The molecule has 0 saturated carbocycles. The molecule has 0 atom stereocenters. The van der Waals surface area contributed by atoms with Gasteiger partial charge >= 0.3 is 6.18 Å². The zero-order valence-electron chi connectivity index (χ0n) is 7.60. The molecule has 1 heterocycles. The lowest BCUT2D eigenvalue weighted by Crippen LogP contribution is -2.11. The summed E-state index contributed by atoms with van der Waals surface area (Å²) in [5.41, 5.74) is -1.05. The van der Waals surface area contributed by atoms with Gasteiger partial charge in [-0.25, -0.2) is 4.98 Å². The van der Waals surface area contributed by atoms with Crippen molar-refractivity contribution in [3.63, 3.8) is 0 Å². The minimum Gasteiger partial charge on any atom is -0.293 e. The molecule has 1 aromatic rings. The average molecular weight is 223 g/mol. The lowest BCUT2D eigenvalue weighted by molar-refractivity contribution is -0.141. The van der Waals surface area contributed by atoms with Crippen molar-refractivity contribution in [2.75, 3.05) is 0 Å². The number of hydrogen-bond acceptors (Lipinski definition) is 3. The number of alkyl halides is 3. The zero-order valence-corrected chi connectivity index (χ0v) is 8.42. The van der Waals surface area contributed by atoms with E-state index in [2.05, 4.69) is 4.98 Å². The Morgan fingerprint density at radius 3 is 2.50 bits per heavy atom. The van der Waals surface area contributed by atoms with Gasteiger partial charge in [-0.05, 0) is 6.92 Å². The van der Waals surface area contributed by atoms with Gasteiger partial charge in [0.25, 0.3) is 0 Å². The highest BCUT2D eigenvalue weighted by atomic mass is 32.1. The van der Waals surface area contributed by atoms with Gasteiger partial charge < -0.3 is 0 Å². The maximum absolute atomic E-state index is 12.4. The third-order valence-electron chi connectivity index (χ3n) is 1.58. The van der Waals surface area contributed by atoms with Gasteiger partial charge in [-0.3, -0.25) is 4.79 Å². The third-order valence-corrected chi connectivity index (χ3v) is 2.59. The van der Waals surface area contributed by atoms with Crippen molar-refractivity contribution in [3.05, 3.63) is 15.6 Å². The first-order valence-electron chi connectivity index (χ1n) is 3.94. The minimum absolute atomic E-state index is 0.0602. The lowest BCUT2D eigenvalue weighted by atomic mass is 10.2. The van der Waals surface area contributed by atoms with Crippen LogP contribution in [0.2, 0.25) is 0 Å². The highest BCUT2D eigenvalue weighted by Gasteiger charge is 2.38. The molecule has 0 fully saturated rings. The fourth-order valence-corrected chi connectivity index (χ4v) is 1.92. The maximum Gasteiger partial charge on any atom is 0.434 e. The number of carbonyl (C=O) groups excluding carboxylic acids is 1. The molecule has 0 aliphatic carbocycles. The first kappa shape index (κ1) is 11.2. The van der Waals surface area contributed by atoms with Crippen LogP contribution in [0.4, 0.5) is 13.2 Å². The van der Waals surface area contributed by atoms with E-state index < -0.39 is 17.7 Å². The summed E-state index contributed by atoms with van der Waals surface area (Å²) in [6, 6.07) is 0. The largest absolute Gasteiger partial charge is 0.434 e. The zero-order chi connectivity index (χ0) is 10.9. The highest BCUT2D eigenvalue weighted by molar-refractivity contribution is 7.13. The van der Waals surface area contributed by atoms with Crippen molar-refractivity contribution in [3.8, 4) is 0 Å². The molecule has 2 nitrogen and oxygen atoms in total. The fraction of sp³-hybridized carbons (Fsp3) is 0.500. The predicted octanol–water partition coefficient (Wildman–Crippen LogP) is 3.06. The van der Waals surface area contributed by atoms with Crippen LogP contribution in [0, 0.1) is 6.92 Å². The lowest BCUT2D eigenvalue weighted by Gasteiger charge is -2.03. The molecule has 0 aliphatic rings. The van der Waals surface area contributed by atoms with Crippen molar-refractivity contribution in [1.29, 1.82) is 0 Å². The second kappa shape index (κ2) is 3.68. The standard InChI is InChI=1S/C8H8F3NOS/c1-3-5(13)6-7(8(9,10)11)12-4(2)14-6/h3H2,1-2H3. The van der Waals surface area contributed by atoms with Gasteiger partial charge in [0.1, 0.15) is 4.88 Å². The molecule has 0 unspecified atom stereocenters. The summed E-state index contributed by atoms with van der Waals surface area (Å²) in [5, 5.41) is 0.258. The Kier molecular flexibility index (Phi) is 2.94. The molecule has 0 bridgehead atoms. The molecule has 0 amide bonds. The Bertz CT molecular complexity index is 356. The van der Waals surface area contributed by atoms with Crippen LogP contribution in [0.5, 0.6) is 0 Å². The quantitative estimate of drug-likeness (QED) is 0.721. The number of Topliss-reactive ketones (excluding diaryl/α,β-unsaturated/α-hetero) is 1. The number of nitrogens with zero attached hydrogens (tertiary/aromatic N) is 1. The van der Waals surface area contributed by atoms with E-state index in [0.717, 1.165) is 11.3 Å². The van der Waals surface area contributed by atoms with Gasteiger partial charge in [-0.15, -0.1) is 11.3 Å². The summed E-state index contributed by atoms with van der Waals surface area (Å²) in [4.78, 5) is 14.2. The summed E-state index contributed by atoms with van der Waals surface area (Å²) >= 11 is 0.793. The number of carbonyl (C=O) groups is 1. The molecule has 0 radical (unpaired) electrons. The Morgan fingerprint density at radius 2 is 2.07 bits per heavy atom. The molecule has 0 aliphatic heterocycles. The SMILES string of the molecule is CCC(=O)c1sc(C)nc1C(F)(F)F. The summed E-state index contributed by atoms with van der Waals surface area (Å²) in [5.74, 6) is -0.511. The summed E-state index contributed by atoms with van der Waals surface area (Å²) in [6.45, 7) is 2.98. The molecule has 0 aromatic carbocycles. The van der Waals surface area contributed by atoms with E-state index in [1.54, 1.807) is 0 Å². The first-order valence-corrected chi connectivity index (χ1v) is 4.75. The van der Waals surface area contributed by atoms with Gasteiger partial charge in [0.2, 0.25) is 0 Å². The van der Waals surface area contributed by atoms with Crippen LogP contribution in [0.3, 0.4) is 0 Å². The van der Waals surface area contributed by atoms with Crippen LogP contribution >= 0.6 is 11.3 Å². The molecule has 78 valence electrons. The van der Waals surface area contributed by atoms with Crippen LogP contribution in [-0.4, -0.2) is 10.8 Å². The van der Waals surface area contributed by atoms with Crippen molar-refractivity contribution in [2.24, 2.45) is 0 Å². The van der Waals surface area contributed by atoms with E-state index in [0.29, 0.717) is 0 Å². The molecule has 6 heteroatoms. The van der Waals surface area contributed by atoms with Crippen LogP contribution in [-0.2, 0) is 6.18 Å². The fourth-order valence-electron chi connectivity index (χ4n) is 0.969. The van der Waals surface area contributed by atoms with Crippen molar-refractivity contribution >= 4 is 17.1 Å². The molecule has 0 spiro atoms. The second-order valence-electron chi connectivity index (χ2n) is 2.69. The molecule has 14 heavy (non-hydrogen) atoms. The molecule has 0 N–H and O–H groups in total. The number of aryl methyl sites for hydroxylation is 1. The molecule has 1 aromatic heterocycles. The van der Waals surface area contributed by atoms with Gasteiger partial charge in [-0.1, -0.05) is 6.92 Å². The van der Waals surface area contributed by atoms with E-state index in [-0.39, 0.29) is 16.3 Å². The number of hydrogen-bond donors (Lipinski definition) is 0. The number of aromatic nitrogens is 1. The van der Waals surface area contributed by atoms with E-state index in [9.17, 15) is 18.0 Å². The van der Waals surface area contributed by atoms with Crippen LogP contribution in [0.1, 0.15) is 33.7 Å². The number of ketones is 1. The number of rotatable bonds is 2. The predicted molar refractivity (Wildman–Crippen MR) is 46.5 cm³/mol. The molecule has 1 rings (SSSR count). The van der Waals surface area contributed by atoms with E-state index >= 15 is 0 Å². The first-order chi connectivity index (χ1) is 6.36. The minimum atomic E-state index is -4.54. The highest BCUT2D eigenvalue weighted by Crippen LogP contribution is 2.34. The topological polar surface area (TPSA) is 30.0 Å². The van der Waals surface area contributed by atoms with Gasteiger partial charge in [0, 0.05) is 6.42 Å². The van der Waals surface area contributed by atoms with Gasteiger partial charge in [-0.2, -0.15) is 13.2 Å². The van der Waals surface area contributed by atoms with E-state index in [1.165, 1.54) is 13.8 Å². The summed E-state index contributed by atoms with van der Waals surface area (Å²) < 4.78 is 37.1. The molecular formula is C8H8F3NOS. The Hall–Kier alpha value is -0.910. The van der Waals surface area contributed by atoms with Crippen molar-refractivity contribution in [2.45, 2.75) is 26.4 Å². The van der Waals surface area contributed by atoms with Crippen LogP contribution in [0.15, 0.2) is 0 Å². The average Bonchev–Trinajstić information content (AvgIpc) is 2.45. The summed E-state index contributed by atoms with van der Waals surface area (Å²) in [7, 11) is 0. The van der Waals surface area contributed by atoms with Crippen LogP contribution in [0.25, 0.3) is 0 Å². The molecule has 0 saturated heterocycles. The van der Waals surface area contributed by atoms with E-state index in [4.69, 9.17) is 0 Å². The molecular weight excluding hydrogens is 215 g/mol. The van der Waals surface area contributed by atoms with Gasteiger partial charge in [0.15, 0.2) is 11.5 Å². The third kappa shape index (κ3) is 2.12. The number of thiazole rings is 1. The normalized spacial score (nSPS) is 11.8. The van der Waals surface area contributed by atoms with Crippen LogP contribution < -0.4 is 0 Å². The summed E-state index contributed by atoms with van der Waals surface area (Å²) in [6.07, 6.45) is -4.48. The monoisotopic (exact) mass is 223 g/mol. The Labute approximate surface area is 82.8 Å². The maximum atomic E-state index is 12.4.